The van der Waals surface area contributed by atoms with E-state index in [1.54, 1.807) is 12.1 Å². The third-order valence-electron chi connectivity index (χ3n) is 6.26. The van der Waals surface area contributed by atoms with Gasteiger partial charge in [-0.2, -0.15) is 0 Å². The summed E-state index contributed by atoms with van der Waals surface area (Å²) < 4.78 is 29.4. The standard InChI is InChI=1S/C30H36F2/c1-3-5-7-8-10-12-27-21-22-28(30(32)29(27)31)26-19-17-25(18-20-26)24-15-13-23(14-16-24)11-9-6-4-2/h13-22H,3-12H2,1-2H3. The SMILES string of the molecule is CCCCCCCc1ccc(-c2ccc(-c3ccc(CCCCC)cc3)cc2)c(F)c1F. The molecule has 3 aromatic rings. The normalized spacial score (nSPS) is 11.1. The molecule has 32 heavy (non-hydrogen) atoms. The fraction of sp³-hybridized carbons (Fsp3) is 0.400. The minimum atomic E-state index is -0.736. The van der Waals surface area contributed by atoms with Crippen LogP contribution in [0.15, 0.2) is 60.7 Å². The van der Waals surface area contributed by atoms with Gasteiger partial charge in [-0.05, 0) is 53.5 Å². The molecular weight excluding hydrogens is 398 g/mol. The Bertz CT molecular complexity index is 955. The van der Waals surface area contributed by atoms with Crippen LogP contribution in [0, 0.1) is 11.6 Å². The number of unbranched alkanes of at least 4 members (excludes halogenated alkanes) is 6. The van der Waals surface area contributed by atoms with Gasteiger partial charge in [-0.25, -0.2) is 8.78 Å². The van der Waals surface area contributed by atoms with E-state index in [4.69, 9.17) is 0 Å². The van der Waals surface area contributed by atoms with Gasteiger partial charge in [0.2, 0.25) is 0 Å². The van der Waals surface area contributed by atoms with Gasteiger partial charge in [0.25, 0.3) is 0 Å². The summed E-state index contributed by atoms with van der Waals surface area (Å²) in [5.74, 6) is -1.43. The Hall–Kier alpha value is -2.48. The molecule has 2 heteroatoms. The third kappa shape index (κ3) is 6.51. The lowest BCUT2D eigenvalue weighted by Crippen LogP contribution is -1.98. The Balaban J connectivity index is 1.67. The summed E-state index contributed by atoms with van der Waals surface area (Å²) in [4.78, 5) is 0. The Morgan fingerprint density at radius 1 is 0.500 bits per heavy atom. The molecule has 0 N–H and O–H groups in total. The van der Waals surface area contributed by atoms with E-state index < -0.39 is 11.6 Å². The summed E-state index contributed by atoms with van der Waals surface area (Å²) >= 11 is 0. The molecule has 0 aliphatic carbocycles. The summed E-state index contributed by atoms with van der Waals surface area (Å²) in [5.41, 5.74) is 5.10. The van der Waals surface area contributed by atoms with Crippen molar-refractivity contribution in [2.24, 2.45) is 0 Å². The summed E-state index contributed by atoms with van der Waals surface area (Å²) in [6, 6.07) is 19.9. The number of benzene rings is 3. The van der Waals surface area contributed by atoms with E-state index >= 15 is 0 Å². The number of hydrogen-bond donors (Lipinski definition) is 0. The van der Waals surface area contributed by atoms with Gasteiger partial charge in [-0.3, -0.25) is 0 Å². The van der Waals surface area contributed by atoms with Gasteiger partial charge in [0.1, 0.15) is 0 Å². The molecule has 3 rings (SSSR count). The monoisotopic (exact) mass is 434 g/mol. The van der Waals surface area contributed by atoms with Crippen LogP contribution in [0.4, 0.5) is 8.78 Å². The molecule has 0 fully saturated rings. The molecule has 0 saturated heterocycles. The van der Waals surface area contributed by atoms with Crippen LogP contribution in [0.5, 0.6) is 0 Å². The summed E-state index contributed by atoms with van der Waals surface area (Å²) in [5, 5.41) is 0. The summed E-state index contributed by atoms with van der Waals surface area (Å²) in [7, 11) is 0. The quantitative estimate of drug-likeness (QED) is 0.249. The fourth-order valence-corrected chi connectivity index (χ4v) is 4.21. The van der Waals surface area contributed by atoms with E-state index in [2.05, 4.69) is 38.1 Å². The highest BCUT2D eigenvalue weighted by Gasteiger charge is 2.14. The van der Waals surface area contributed by atoms with Crippen LogP contribution in [-0.2, 0) is 12.8 Å². The zero-order valence-electron chi connectivity index (χ0n) is 19.6. The van der Waals surface area contributed by atoms with Gasteiger partial charge in [-0.1, -0.05) is 113 Å². The third-order valence-corrected chi connectivity index (χ3v) is 6.26. The molecule has 0 aliphatic rings. The van der Waals surface area contributed by atoms with Crippen molar-refractivity contribution in [3.05, 3.63) is 83.4 Å². The Labute approximate surface area is 192 Å². The van der Waals surface area contributed by atoms with Crippen LogP contribution in [0.1, 0.15) is 76.3 Å². The first kappa shape index (κ1) is 24.2. The molecule has 170 valence electrons. The molecule has 0 unspecified atom stereocenters. The van der Waals surface area contributed by atoms with Crippen molar-refractivity contribution in [2.45, 2.75) is 78.1 Å². The highest BCUT2D eigenvalue weighted by atomic mass is 19.2. The maximum absolute atomic E-state index is 14.8. The van der Waals surface area contributed by atoms with Crippen LogP contribution in [0.25, 0.3) is 22.3 Å². The second kappa shape index (κ2) is 12.5. The van der Waals surface area contributed by atoms with Crippen molar-refractivity contribution in [2.75, 3.05) is 0 Å². The van der Waals surface area contributed by atoms with Crippen LogP contribution in [0.3, 0.4) is 0 Å². The molecule has 0 aromatic heterocycles. The van der Waals surface area contributed by atoms with Crippen molar-refractivity contribution in [1.82, 2.24) is 0 Å². The number of hydrogen-bond acceptors (Lipinski definition) is 0. The van der Waals surface area contributed by atoms with E-state index in [9.17, 15) is 8.78 Å². The maximum atomic E-state index is 14.8. The van der Waals surface area contributed by atoms with Crippen molar-refractivity contribution in [3.63, 3.8) is 0 Å². The zero-order valence-corrected chi connectivity index (χ0v) is 19.6. The van der Waals surface area contributed by atoms with Gasteiger partial charge in [0.05, 0.1) is 0 Å². The highest BCUT2D eigenvalue weighted by molar-refractivity contribution is 5.71. The van der Waals surface area contributed by atoms with Crippen LogP contribution in [0.2, 0.25) is 0 Å². The van der Waals surface area contributed by atoms with Gasteiger partial charge >= 0.3 is 0 Å². The fourth-order valence-electron chi connectivity index (χ4n) is 4.21. The number of rotatable bonds is 12. The second-order valence-corrected chi connectivity index (χ2v) is 8.80. The molecule has 0 aliphatic heterocycles. The largest absolute Gasteiger partial charge is 0.203 e. The Morgan fingerprint density at radius 2 is 1.03 bits per heavy atom. The average Bonchev–Trinajstić information content (AvgIpc) is 2.82. The van der Waals surface area contributed by atoms with E-state index in [0.29, 0.717) is 23.1 Å². The van der Waals surface area contributed by atoms with Gasteiger partial charge in [-0.15, -0.1) is 0 Å². The lowest BCUT2D eigenvalue weighted by atomic mass is 9.96. The van der Waals surface area contributed by atoms with Gasteiger partial charge in [0, 0.05) is 5.56 Å². The summed E-state index contributed by atoms with van der Waals surface area (Å²) in [6.07, 6.45) is 11.0. The van der Waals surface area contributed by atoms with E-state index in [0.717, 1.165) is 36.8 Å². The molecule has 0 spiro atoms. The topological polar surface area (TPSA) is 0 Å². The first-order chi connectivity index (χ1) is 15.6. The lowest BCUT2D eigenvalue weighted by molar-refractivity contribution is 0.497. The van der Waals surface area contributed by atoms with Crippen LogP contribution < -0.4 is 0 Å². The van der Waals surface area contributed by atoms with Gasteiger partial charge in [0.15, 0.2) is 11.6 Å². The summed E-state index contributed by atoms with van der Waals surface area (Å²) in [6.45, 7) is 4.39. The van der Waals surface area contributed by atoms with E-state index in [1.807, 2.05) is 24.3 Å². The van der Waals surface area contributed by atoms with Crippen molar-refractivity contribution < 1.29 is 8.78 Å². The number of aryl methyl sites for hydroxylation is 2. The molecule has 0 atom stereocenters. The smallest absolute Gasteiger partial charge is 0.166 e. The molecule has 0 heterocycles. The van der Waals surface area contributed by atoms with Crippen molar-refractivity contribution >= 4 is 0 Å². The minimum Gasteiger partial charge on any atom is -0.203 e. The van der Waals surface area contributed by atoms with Crippen LogP contribution in [-0.4, -0.2) is 0 Å². The predicted octanol–water partition coefficient (Wildman–Crippen LogP) is 9.54. The first-order valence-electron chi connectivity index (χ1n) is 12.3. The maximum Gasteiger partial charge on any atom is 0.166 e. The Morgan fingerprint density at radius 3 is 1.69 bits per heavy atom. The molecule has 0 saturated carbocycles. The molecule has 0 radical (unpaired) electrons. The van der Waals surface area contributed by atoms with E-state index in [1.165, 1.54) is 37.7 Å². The highest BCUT2D eigenvalue weighted by Crippen LogP contribution is 2.29. The lowest BCUT2D eigenvalue weighted by Gasteiger charge is -2.10. The van der Waals surface area contributed by atoms with Crippen LogP contribution >= 0.6 is 0 Å². The zero-order chi connectivity index (χ0) is 22.8. The first-order valence-corrected chi connectivity index (χ1v) is 12.3. The Kier molecular flexibility index (Phi) is 9.46. The minimum absolute atomic E-state index is 0.329. The molecule has 3 aromatic carbocycles. The van der Waals surface area contributed by atoms with Gasteiger partial charge < -0.3 is 0 Å². The number of halogens is 2. The van der Waals surface area contributed by atoms with Crippen molar-refractivity contribution in [3.8, 4) is 22.3 Å². The molecular formula is C30H36F2. The second-order valence-electron chi connectivity index (χ2n) is 8.80. The predicted molar refractivity (Wildman–Crippen MR) is 133 cm³/mol. The van der Waals surface area contributed by atoms with E-state index in [-0.39, 0.29) is 0 Å². The molecule has 0 nitrogen and oxygen atoms in total. The molecule has 0 amide bonds. The average molecular weight is 435 g/mol. The molecule has 0 bridgehead atoms. The van der Waals surface area contributed by atoms with Crippen molar-refractivity contribution in [1.29, 1.82) is 0 Å².